The summed E-state index contributed by atoms with van der Waals surface area (Å²) in [5, 5.41) is 7.46. The second-order valence-electron chi connectivity index (χ2n) is 9.11. The first kappa shape index (κ1) is 22.1. The molecule has 3 rings (SSSR count). The number of rotatable bonds is 6. The lowest BCUT2D eigenvalue weighted by atomic mass is 9.93. The largest absolute Gasteiger partial charge is 0.460 e. The van der Waals surface area contributed by atoms with Crippen molar-refractivity contribution in [3.8, 4) is 0 Å². The number of carbonyl (C=O) groups is 2. The number of piperidine rings is 1. The summed E-state index contributed by atoms with van der Waals surface area (Å²) in [5.74, 6) is 0.217. The summed E-state index contributed by atoms with van der Waals surface area (Å²) in [6, 6.07) is 7.02. The lowest BCUT2D eigenvalue weighted by molar-refractivity contribution is -0.156. The molecule has 164 valence electrons. The van der Waals surface area contributed by atoms with Crippen molar-refractivity contribution in [1.82, 2.24) is 4.90 Å². The third kappa shape index (κ3) is 5.95. The van der Waals surface area contributed by atoms with Gasteiger partial charge in [0.05, 0.1) is 6.54 Å². The van der Waals surface area contributed by atoms with Gasteiger partial charge < -0.3 is 15.2 Å². The van der Waals surface area contributed by atoms with Crippen molar-refractivity contribution >= 4 is 23.6 Å². The molecule has 1 unspecified atom stereocenters. The number of esters is 1. The first-order valence-corrected chi connectivity index (χ1v) is 10.5. The van der Waals surface area contributed by atoms with Crippen LogP contribution in [-0.4, -0.2) is 60.7 Å². The standard InChI is InChI=1S/C22H32N4O4/c1-22(2,3)30-19(27)12-15-8-10-25(11-9-15)13-18-14-26(21(28)29-18)17-6-4-16(5-7-17)20(23)24/h4-7,15,18H,8-14H2,1-3H3,(H3,23,24). The molecule has 0 aromatic heterocycles. The summed E-state index contributed by atoms with van der Waals surface area (Å²) < 4.78 is 11.0. The van der Waals surface area contributed by atoms with Crippen LogP contribution in [0.5, 0.6) is 0 Å². The summed E-state index contributed by atoms with van der Waals surface area (Å²) in [6.45, 7) is 8.61. The van der Waals surface area contributed by atoms with Crippen LogP contribution in [0.3, 0.4) is 0 Å². The van der Waals surface area contributed by atoms with Gasteiger partial charge in [-0.3, -0.25) is 20.0 Å². The van der Waals surface area contributed by atoms with Gasteiger partial charge in [-0.1, -0.05) is 0 Å². The highest BCUT2D eigenvalue weighted by molar-refractivity contribution is 5.96. The number of cyclic esters (lactones) is 1. The maximum atomic E-state index is 12.3. The minimum atomic E-state index is -0.442. The molecule has 30 heavy (non-hydrogen) atoms. The highest BCUT2D eigenvalue weighted by atomic mass is 16.6. The molecule has 2 aliphatic heterocycles. The number of nitrogens with one attached hydrogen (secondary N) is 1. The number of nitrogens with zero attached hydrogens (tertiary/aromatic N) is 2. The number of benzene rings is 1. The maximum Gasteiger partial charge on any atom is 0.414 e. The SMILES string of the molecule is CC(C)(C)OC(=O)CC1CCN(CC2CN(c3ccc(C(=N)N)cc3)C(=O)O2)CC1. The van der Waals surface area contributed by atoms with E-state index in [-0.39, 0.29) is 24.0 Å². The van der Waals surface area contributed by atoms with Crippen molar-refractivity contribution in [1.29, 1.82) is 5.41 Å². The zero-order valence-corrected chi connectivity index (χ0v) is 18.0. The quantitative estimate of drug-likeness (QED) is 0.419. The Hall–Kier alpha value is -2.61. The van der Waals surface area contributed by atoms with Crippen LogP contribution in [0, 0.1) is 11.3 Å². The Balaban J connectivity index is 1.45. The fraction of sp³-hybridized carbons (Fsp3) is 0.591. The molecule has 3 N–H and O–H groups in total. The van der Waals surface area contributed by atoms with Crippen molar-refractivity contribution in [3.05, 3.63) is 29.8 Å². The van der Waals surface area contributed by atoms with E-state index in [0.717, 1.165) is 31.6 Å². The maximum absolute atomic E-state index is 12.3. The van der Waals surface area contributed by atoms with E-state index in [4.69, 9.17) is 20.6 Å². The molecule has 0 radical (unpaired) electrons. The molecule has 0 bridgehead atoms. The van der Waals surface area contributed by atoms with Gasteiger partial charge in [-0.2, -0.15) is 0 Å². The molecule has 2 saturated heterocycles. The third-order valence-corrected chi connectivity index (χ3v) is 5.41. The van der Waals surface area contributed by atoms with Crippen LogP contribution in [0.15, 0.2) is 24.3 Å². The van der Waals surface area contributed by atoms with E-state index in [1.165, 1.54) is 0 Å². The summed E-state index contributed by atoms with van der Waals surface area (Å²) in [7, 11) is 0. The van der Waals surface area contributed by atoms with E-state index in [0.29, 0.717) is 31.0 Å². The van der Waals surface area contributed by atoms with Crippen molar-refractivity contribution in [2.75, 3.05) is 31.1 Å². The van der Waals surface area contributed by atoms with E-state index in [9.17, 15) is 9.59 Å². The molecule has 0 spiro atoms. The van der Waals surface area contributed by atoms with Crippen LogP contribution in [0.4, 0.5) is 10.5 Å². The van der Waals surface area contributed by atoms with Gasteiger partial charge in [-0.15, -0.1) is 0 Å². The van der Waals surface area contributed by atoms with Gasteiger partial charge >= 0.3 is 12.1 Å². The number of nitrogens with two attached hydrogens (primary N) is 1. The molecule has 1 aromatic rings. The fourth-order valence-electron chi connectivity index (χ4n) is 3.93. The fourth-order valence-corrected chi connectivity index (χ4v) is 3.93. The van der Waals surface area contributed by atoms with E-state index in [2.05, 4.69) is 4.90 Å². The molecule has 8 nitrogen and oxygen atoms in total. The highest BCUT2D eigenvalue weighted by Gasteiger charge is 2.34. The van der Waals surface area contributed by atoms with Crippen molar-refractivity contribution in [3.63, 3.8) is 0 Å². The molecule has 1 aromatic carbocycles. The molecular formula is C22H32N4O4. The van der Waals surface area contributed by atoms with E-state index in [1.54, 1.807) is 29.2 Å². The van der Waals surface area contributed by atoms with E-state index in [1.807, 2.05) is 20.8 Å². The molecule has 0 aliphatic carbocycles. The Morgan fingerprint density at radius 2 is 1.87 bits per heavy atom. The smallest absolute Gasteiger partial charge is 0.414 e. The molecular weight excluding hydrogens is 384 g/mol. The first-order chi connectivity index (χ1) is 14.1. The summed E-state index contributed by atoms with van der Waals surface area (Å²) in [6.07, 6.45) is 1.81. The minimum absolute atomic E-state index is 0.00139. The van der Waals surface area contributed by atoms with Gasteiger partial charge in [-0.25, -0.2) is 4.79 Å². The molecule has 1 atom stereocenters. The summed E-state index contributed by atoms with van der Waals surface area (Å²) in [5.41, 5.74) is 6.40. The van der Waals surface area contributed by atoms with E-state index >= 15 is 0 Å². The predicted molar refractivity (Wildman–Crippen MR) is 115 cm³/mol. The zero-order valence-electron chi connectivity index (χ0n) is 18.0. The molecule has 1 amide bonds. The van der Waals surface area contributed by atoms with Gasteiger partial charge in [0.15, 0.2) is 0 Å². The Morgan fingerprint density at radius 3 is 2.43 bits per heavy atom. The average Bonchev–Trinajstić information content (AvgIpc) is 3.02. The Morgan fingerprint density at radius 1 is 1.23 bits per heavy atom. The van der Waals surface area contributed by atoms with Crippen molar-refractivity contribution < 1.29 is 19.1 Å². The number of hydrogen-bond acceptors (Lipinski definition) is 6. The molecule has 2 heterocycles. The number of nitrogen functional groups attached to an aromatic ring is 1. The number of carbonyl (C=O) groups excluding carboxylic acids is 2. The molecule has 0 saturated carbocycles. The van der Waals surface area contributed by atoms with Gasteiger partial charge in [0.25, 0.3) is 0 Å². The lowest BCUT2D eigenvalue weighted by Gasteiger charge is -2.33. The van der Waals surface area contributed by atoms with E-state index < -0.39 is 5.60 Å². The van der Waals surface area contributed by atoms with Crippen LogP contribution in [0.25, 0.3) is 0 Å². The molecule has 2 fully saturated rings. The van der Waals surface area contributed by atoms with Gasteiger partial charge in [0.1, 0.15) is 17.5 Å². The monoisotopic (exact) mass is 416 g/mol. The summed E-state index contributed by atoms with van der Waals surface area (Å²) in [4.78, 5) is 28.2. The molecule has 2 aliphatic rings. The van der Waals surface area contributed by atoms with Crippen molar-refractivity contribution in [2.45, 2.75) is 51.7 Å². The number of amides is 1. The minimum Gasteiger partial charge on any atom is -0.460 e. The van der Waals surface area contributed by atoms with Crippen LogP contribution in [-0.2, 0) is 14.3 Å². The zero-order chi connectivity index (χ0) is 21.9. The van der Waals surface area contributed by atoms with Gasteiger partial charge in [0, 0.05) is 24.2 Å². The van der Waals surface area contributed by atoms with Crippen LogP contribution in [0.2, 0.25) is 0 Å². The number of ether oxygens (including phenoxy) is 2. The van der Waals surface area contributed by atoms with Crippen LogP contribution >= 0.6 is 0 Å². The number of likely N-dealkylation sites (tertiary alicyclic amines) is 1. The Labute approximate surface area is 177 Å². The topological polar surface area (TPSA) is 109 Å². The predicted octanol–water partition coefficient (Wildman–Crippen LogP) is 2.74. The van der Waals surface area contributed by atoms with Crippen molar-refractivity contribution in [2.24, 2.45) is 11.7 Å². The first-order valence-electron chi connectivity index (χ1n) is 10.5. The number of amidine groups is 1. The molecule has 8 heteroatoms. The summed E-state index contributed by atoms with van der Waals surface area (Å²) >= 11 is 0. The lowest BCUT2D eigenvalue weighted by Crippen LogP contribution is -2.40. The van der Waals surface area contributed by atoms with Crippen LogP contribution in [0.1, 0.15) is 45.6 Å². The van der Waals surface area contributed by atoms with Gasteiger partial charge in [-0.05, 0) is 76.9 Å². The Kier molecular flexibility index (Phi) is 6.65. The van der Waals surface area contributed by atoms with Crippen LogP contribution < -0.4 is 10.6 Å². The number of hydrogen-bond donors (Lipinski definition) is 2. The van der Waals surface area contributed by atoms with Gasteiger partial charge in [0.2, 0.25) is 0 Å². The Bertz CT molecular complexity index is 779. The second kappa shape index (κ2) is 9.04. The normalized spacial score (nSPS) is 20.8. The third-order valence-electron chi connectivity index (χ3n) is 5.41. The second-order valence-corrected chi connectivity index (χ2v) is 9.11. The average molecular weight is 417 g/mol. The highest BCUT2D eigenvalue weighted by Crippen LogP contribution is 2.25. The number of anilines is 1.